The van der Waals surface area contributed by atoms with E-state index >= 15 is 0 Å². The molecule has 0 aromatic carbocycles. The standard InChI is InChI=1S/2C3H7NO.3CH3.2ClH.6Ti/c2*1-2-3(4)5;;;;;;;;;;;/h2*2H2,1H3,(H2,4,5);3*1H3;2*1H;;;;;;/q;;3*-1;;;;;;;2*+2/p-4. The van der Waals surface area contributed by atoms with E-state index in [0.29, 0.717) is 12.8 Å². The van der Waals surface area contributed by atoms with E-state index in [2.05, 4.69) is 0 Å². The van der Waals surface area contributed by atoms with Crippen LogP contribution in [0.2, 0.25) is 0 Å². The molecule has 0 heterocycles. The third-order valence-electron chi connectivity index (χ3n) is 0.642. The molecule has 0 spiro atoms. The van der Waals surface area contributed by atoms with E-state index in [9.17, 15) is 9.59 Å². The number of carbonyl (C=O) groups is 2. The summed E-state index contributed by atoms with van der Waals surface area (Å²) < 4.78 is 0. The Morgan fingerprint density at radius 2 is 0.857 bits per heavy atom. The molecule has 0 atom stereocenters. The maximum Gasteiger partial charge on any atom is 2.00 e. The Balaban J connectivity index is -0.00000000679. The van der Waals surface area contributed by atoms with Crippen LogP contribution in [-0.2, 0) is 135 Å². The van der Waals surface area contributed by atoms with Crippen molar-refractivity contribution >= 4 is 30.4 Å². The van der Waals surface area contributed by atoms with Gasteiger partial charge in [-0.25, -0.2) is 0 Å². The van der Waals surface area contributed by atoms with Gasteiger partial charge in [-0.05, 0) is 12.8 Å². The van der Waals surface area contributed by atoms with E-state index in [1.54, 1.807) is 13.8 Å². The van der Waals surface area contributed by atoms with Gasteiger partial charge in [-0.2, -0.15) is 0 Å². The molecular formula is C9H21Cl2N2O2Ti6-3. The van der Waals surface area contributed by atoms with E-state index in [-0.39, 0.29) is 131 Å². The summed E-state index contributed by atoms with van der Waals surface area (Å²) in [5.41, 5.74) is 12.4. The summed E-state index contributed by atoms with van der Waals surface area (Å²) in [7, 11) is 9.78. The van der Waals surface area contributed by atoms with Gasteiger partial charge < -0.3 is 43.3 Å². The summed E-state index contributed by atoms with van der Waals surface area (Å²) in [4.78, 5) is 19.0. The van der Waals surface area contributed by atoms with Gasteiger partial charge in [-0.1, -0.05) is 13.8 Å². The minimum Gasteiger partial charge on any atom is 0 e. The van der Waals surface area contributed by atoms with Crippen molar-refractivity contribution in [1.29, 1.82) is 0 Å². The third-order valence-corrected chi connectivity index (χ3v) is 0.642. The Morgan fingerprint density at radius 3 is 0.857 bits per heavy atom. The van der Waals surface area contributed by atoms with Crippen LogP contribution in [0.15, 0.2) is 0 Å². The molecule has 0 fully saturated rings. The zero-order valence-corrected chi connectivity index (χ0v) is 23.9. The zero-order chi connectivity index (χ0) is 11.3. The molecule has 2 amide bonds. The molecule has 0 saturated heterocycles. The van der Waals surface area contributed by atoms with Gasteiger partial charge >= 0.3 is 57.4 Å². The van der Waals surface area contributed by atoms with Crippen LogP contribution >= 0.6 is 18.6 Å². The Kier molecular flexibility index (Phi) is 265. The fourth-order valence-electron chi connectivity index (χ4n) is 0. The first-order valence-electron chi connectivity index (χ1n) is 3.41. The van der Waals surface area contributed by atoms with Crippen molar-refractivity contribution in [2.24, 2.45) is 0 Å². The van der Waals surface area contributed by atoms with Crippen LogP contribution in [-0.4, -0.2) is 11.8 Å². The van der Waals surface area contributed by atoms with Gasteiger partial charge in [0.15, 0.2) is 0 Å². The first kappa shape index (κ1) is 73.8. The van der Waals surface area contributed by atoms with Crippen LogP contribution in [0.1, 0.15) is 26.7 Å². The van der Waals surface area contributed by atoms with Crippen molar-refractivity contribution in [3.8, 4) is 0 Å². The van der Waals surface area contributed by atoms with Crippen LogP contribution in [0.25, 0.3) is 11.5 Å². The summed E-state index contributed by atoms with van der Waals surface area (Å²) in [6.07, 6.45) is 0.667. The van der Waals surface area contributed by atoms with E-state index in [1.807, 2.05) is 0 Å². The maximum atomic E-state index is 9.48. The quantitative estimate of drug-likeness (QED) is 0.372. The molecule has 120 valence electrons. The number of carbonyl (C=O) groups excluding carboxylic acids is 2. The van der Waals surface area contributed by atoms with Gasteiger partial charge in [-0.15, -0.1) is 0 Å². The van der Waals surface area contributed by atoms with Crippen LogP contribution in [0.4, 0.5) is 0 Å². The van der Waals surface area contributed by atoms with E-state index in [4.69, 9.17) is 30.1 Å². The third kappa shape index (κ3) is 186. The van der Waals surface area contributed by atoms with Gasteiger partial charge in [0.05, 0.1) is 0 Å². The van der Waals surface area contributed by atoms with Crippen molar-refractivity contribution in [2.45, 2.75) is 26.7 Å². The Labute approximate surface area is 222 Å². The second kappa shape index (κ2) is 75.5. The average molecular weight is 547 g/mol. The molecule has 21 heavy (non-hydrogen) atoms. The molecule has 2 N–H and O–H groups in total. The fraction of sp³-hybridized carbons (Fsp3) is 0.444. The van der Waals surface area contributed by atoms with Crippen LogP contribution in [0.5, 0.6) is 0 Å². The predicted octanol–water partition coefficient (Wildman–Crippen LogP) is 4.67. The number of amides is 2. The Bertz CT molecular complexity index is 137. The number of rotatable bonds is 2. The second-order valence-electron chi connectivity index (χ2n) is 1.62. The van der Waals surface area contributed by atoms with Crippen LogP contribution in [0.3, 0.4) is 0 Å². The number of halogens is 2. The molecule has 12 heteroatoms. The molecule has 0 bridgehead atoms. The zero-order valence-electron chi connectivity index (χ0n) is 13.0. The summed E-state index contributed by atoms with van der Waals surface area (Å²) in [5.74, 6) is -0.991. The second-order valence-corrected chi connectivity index (χ2v) is 4.20. The van der Waals surface area contributed by atoms with E-state index in [0.717, 1.165) is 0 Å². The molecule has 0 aliphatic rings. The molecule has 0 radical (unpaired) electrons. The van der Waals surface area contributed by atoms with Gasteiger partial charge in [0.1, 0.15) is 0 Å². The minimum atomic E-state index is -0.556. The summed E-state index contributed by atoms with van der Waals surface area (Å²) in [6.45, 7) is 3.32. The fourth-order valence-corrected chi connectivity index (χ4v) is 0. The number of nitrogens with one attached hydrogen (secondary N) is 2. The SMILES string of the molecule is CCC([NH-])=O.CCC([NH-])=O.[CH3-].[CH3-].[CH3-].[Cl][Ti][Cl].[Ti+2].[Ti].[Ti].[Ti].[Ti]. The number of hydrogen-bond acceptors (Lipinski definition) is 2. The van der Waals surface area contributed by atoms with Crippen molar-refractivity contribution in [2.75, 3.05) is 0 Å². The van der Waals surface area contributed by atoms with Crippen molar-refractivity contribution < 1.29 is 135 Å². The first-order valence-corrected chi connectivity index (χ1v) is 7.70. The van der Waals surface area contributed by atoms with E-state index in [1.165, 1.54) is 0 Å². The number of hydrogen-bond donors (Lipinski definition) is 0. The summed E-state index contributed by atoms with van der Waals surface area (Å²) >= 11 is -0.556. The summed E-state index contributed by atoms with van der Waals surface area (Å²) in [5, 5.41) is 0. The van der Waals surface area contributed by atoms with Crippen LogP contribution < -0.4 is 0 Å². The molecule has 0 aliphatic carbocycles. The van der Waals surface area contributed by atoms with Gasteiger partial charge in [0.2, 0.25) is 0 Å². The largest absolute Gasteiger partial charge is 2.00 e. The van der Waals surface area contributed by atoms with Gasteiger partial charge in [0, 0.05) is 98.7 Å². The predicted molar refractivity (Wildman–Crippen MR) is 70.2 cm³/mol. The van der Waals surface area contributed by atoms with Crippen molar-refractivity contribution in [3.63, 3.8) is 0 Å². The Hall–Kier alpha value is 3.81. The smallest absolute Gasteiger partial charge is 0 e. The minimum absolute atomic E-state index is 0. The maximum absolute atomic E-state index is 9.48. The molecule has 0 rings (SSSR count). The molecule has 0 aromatic rings. The van der Waals surface area contributed by atoms with Gasteiger partial charge in [0.25, 0.3) is 0 Å². The molecule has 0 aromatic heterocycles. The molecule has 0 aliphatic heterocycles. The molecule has 0 saturated carbocycles. The average Bonchev–Trinajstić information content (AvgIpc) is 2.07. The monoisotopic (exact) mass is 547 g/mol. The van der Waals surface area contributed by atoms with Crippen LogP contribution in [0, 0.1) is 22.3 Å². The normalized spacial score (nSPS) is 4.19. The molecule has 4 nitrogen and oxygen atoms in total. The van der Waals surface area contributed by atoms with E-state index < -0.39 is 28.8 Å². The molecule has 0 unspecified atom stereocenters. The topological polar surface area (TPSA) is 81.7 Å². The van der Waals surface area contributed by atoms with Crippen molar-refractivity contribution in [1.82, 2.24) is 0 Å². The Morgan fingerprint density at radius 1 is 0.810 bits per heavy atom. The first-order chi connectivity index (χ1) is 5.95. The summed E-state index contributed by atoms with van der Waals surface area (Å²) in [6, 6.07) is 0. The molecular weight excluding hydrogens is 526 g/mol. The van der Waals surface area contributed by atoms with Gasteiger partial charge in [-0.3, -0.25) is 0 Å². The van der Waals surface area contributed by atoms with Crippen molar-refractivity contribution in [3.05, 3.63) is 33.7 Å².